The fraction of sp³-hybridized carbons (Fsp3) is 0.375. The number of benzene rings is 1. The van der Waals surface area contributed by atoms with Crippen LogP contribution in [0.15, 0.2) is 41.3 Å². The summed E-state index contributed by atoms with van der Waals surface area (Å²) in [5.41, 5.74) is 1.59. The maximum atomic E-state index is 12.4. The molecule has 1 fully saturated rings. The van der Waals surface area contributed by atoms with Crippen LogP contribution >= 0.6 is 11.6 Å². The zero-order valence-electron chi connectivity index (χ0n) is 11.8. The average Bonchev–Trinajstić information content (AvgIpc) is 2.54. The van der Waals surface area contributed by atoms with Crippen molar-refractivity contribution >= 4 is 17.3 Å². The lowest BCUT2D eigenvalue weighted by atomic mass is 10.1. The van der Waals surface area contributed by atoms with E-state index in [2.05, 4.69) is 10.00 Å². The highest BCUT2D eigenvalue weighted by Crippen LogP contribution is 2.24. The van der Waals surface area contributed by atoms with Gasteiger partial charge in [-0.2, -0.15) is 5.10 Å². The second kappa shape index (κ2) is 6.31. The molecule has 2 aromatic rings. The zero-order chi connectivity index (χ0) is 14.7. The second-order valence-electron chi connectivity index (χ2n) is 5.34. The Kier molecular flexibility index (Phi) is 4.25. The highest BCUT2D eigenvalue weighted by molar-refractivity contribution is 6.33. The first-order valence-corrected chi connectivity index (χ1v) is 7.68. The van der Waals surface area contributed by atoms with E-state index in [1.165, 1.54) is 11.1 Å². The lowest BCUT2D eigenvalue weighted by molar-refractivity contribution is 0.571. The molecule has 1 aromatic heterocycles. The third-order valence-corrected chi connectivity index (χ3v) is 4.19. The van der Waals surface area contributed by atoms with Crippen LogP contribution in [-0.4, -0.2) is 22.9 Å². The van der Waals surface area contributed by atoms with Gasteiger partial charge in [0.05, 0.1) is 18.4 Å². The molecule has 1 saturated heterocycles. The fourth-order valence-corrected chi connectivity index (χ4v) is 2.95. The van der Waals surface area contributed by atoms with Crippen LogP contribution in [-0.2, 0) is 6.54 Å². The molecule has 0 N–H and O–H groups in total. The van der Waals surface area contributed by atoms with Crippen molar-refractivity contribution in [2.75, 3.05) is 18.0 Å². The van der Waals surface area contributed by atoms with E-state index in [0.29, 0.717) is 6.54 Å². The quantitative estimate of drug-likeness (QED) is 0.875. The Morgan fingerprint density at radius 1 is 1.10 bits per heavy atom. The summed E-state index contributed by atoms with van der Waals surface area (Å²) in [6.07, 6.45) is 5.25. The summed E-state index contributed by atoms with van der Waals surface area (Å²) in [5, 5.41) is 4.57. The maximum Gasteiger partial charge on any atom is 0.287 e. The Morgan fingerprint density at radius 3 is 2.52 bits per heavy atom. The summed E-state index contributed by atoms with van der Waals surface area (Å²) in [7, 11) is 0. The van der Waals surface area contributed by atoms with Crippen molar-refractivity contribution < 1.29 is 0 Å². The van der Waals surface area contributed by atoms with Crippen LogP contribution in [0.3, 0.4) is 0 Å². The van der Waals surface area contributed by atoms with E-state index in [0.717, 1.165) is 37.2 Å². The first-order valence-electron chi connectivity index (χ1n) is 7.30. The van der Waals surface area contributed by atoms with Crippen LogP contribution in [0.5, 0.6) is 0 Å². The molecule has 2 heterocycles. The molecule has 21 heavy (non-hydrogen) atoms. The van der Waals surface area contributed by atoms with Gasteiger partial charge in [0.15, 0.2) is 0 Å². The van der Waals surface area contributed by atoms with Gasteiger partial charge in [-0.15, -0.1) is 0 Å². The molecule has 0 saturated carbocycles. The molecule has 5 heteroatoms. The van der Waals surface area contributed by atoms with Crippen LogP contribution in [0.1, 0.15) is 24.8 Å². The molecule has 0 aliphatic carbocycles. The highest BCUT2D eigenvalue weighted by atomic mass is 35.5. The monoisotopic (exact) mass is 303 g/mol. The fourth-order valence-electron chi connectivity index (χ4n) is 2.68. The normalized spacial score (nSPS) is 15.2. The third-order valence-electron chi connectivity index (χ3n) is 3.84. The van der Waals surface area contributed by atoms with Crippen LogP contribution in [0.4, 0.5) is 5.69 Å². The van der Waals surface area contributed by atoms with Crippen LogP contribution in [0, 0.1) is 0 Å². The molecule has 1 aliphatic rings. The van der Waals surface area contributed by atoms with Gasteiger partial charge in [0, 0.05) is 13.1 Å². The Balaban J connectivity index is 1.87. The Hall–Kier alpha value is -1.81. The molecule has 0 radical (unpaired) electrons. The summed E-state index contributed by atoms with van der Waals surface area (Å²) in [6.45, 7) is 2.34. The third kappa shape index (κ3) is 3.10. The van der Waals surface area contributed by atoms with E-state index in [9.17, 15) is 4.79 Å². The molecule has 0 spiro atoms. The molecule has 4 nitrogen and oxygen atoms in total. The van der Waals surface area contributed by atoms with Crippen LogP contribution < -0.4 is 10.5 Å². The van der Waals surface area contributed by atoms with Gasteiger partial charge in [-0.3, -0.25) is 4.79 Å². The van der Waals surface area contributed by atoms with Gasteiger partial charge in [-0.05, 0) is 24.8 Å². The smallest absolute Gasteiger partial charge is 0.287 e. The van der Waals surface area contributed by atoms with Gasteiger partial charge in [0.25, 0.3) is 5.56 Å². The van der Waals surface area contributed by atoms with Crippen molar-refractivity contribution in [2.24, 2.45) is 0 Å². The van der Waals surface area contributed by atoms with Gasteiger partial charge >= 0.3 is 0 Å². The number of rotatable bonds is 3. The van der Waals surface area contributed by atoms with E-state index in [1.807, 2.05) is 30.3 Å². The van der Waals surface area contributed by atoms with Crippen molar-refractivity contribution in [3.05, 3.63) is 57.5 Å². The minimum absolute atomic E-state index is 0.219. The lowest BCUT2D eigenvalue weighted by Crippen LogP contribution is -2.33. The predicted molar refractivity (Wildman–Crippen MR) is 85.1 cm³/mol. The molecule has 0 amide bonds. The van der Waals surface area contributed by atoms with Gasteiger partial charge in [-0.1, -0.05) is 41.9 Å². The van der Waals surface area contributed by atoms with Crippen molar-refractivity contribution in [3.8, 4) is 0 Å². The molecule has 0 bridgehead atoms. The van der Waals surface area contributed by atoms with Crippen molar-refractivity contribution in [2.45, 2.75) is 25.8 Å². The summed E-state index contributed by atoms with van der Waals surface area (Å²) in [5.74, 6) is 0. The van der Waals surface area contributed by atoms with E-state index in [1.54, 1.807) is 6.20 Å². The summed E-state index contributed by atoms with van der Waals surface area (Å²) in [6, 6.07) is 9.79. The summed E-state index contributed by atoms with van der Waals surface area (Å²) >= 11 is 6.28. The standard InChI is InChI=1S/C16H18ClN3O/c17-15-14(19-9-5-2-6-10-19)11-18-20(16(15)21)12-13-7-3-1-4-8-13/h1,3-4,7-8,11H,2,5-6,9-10,12H2. The van der Waals surface area contributed by atoms with Crippen LogP contribution in [0.25, 0.3) is 0 Å². The number of aromatic nitrogens is 2. The first kappa shape index (κ1) is 14.1. The first-order chi connectivity index (χ1) is 10.3. The molecule has 1 aromatic carbocycles. The van der Waals surface area contributed by atoms with Crippen molar-refractivity contribution in [3.63, 3.8) is 0 Å². The number of halogens is 1. The summed E-state index contributed by atoms with van der Waals surface area (Å²) < 4.78 is 1.42. The molecule has 3 rings (SSSR count). The van der Waals surface area contributed by atoms with E-state index >= 15 is 0 Å². The topological polar surface area (TPSA) is 38.1 Å². The highest BCUT2D eigenvalue weighted by Gasteiger charge is 2.17. The minimum atomic E-state index is -0.219. The Labute approximate surface area is 129 Å². The van der Waals surface area contributed by atoms with Crippen molar-refractivity contribution in [1.29, 1.82) is 0 Å². The van der Waals surface area contributed by atoms with Crippen LogP contribution in [0.2, 0.25) is 5.02 Å². The maximum absolute atomic E-state index is 12.4. The Morgan fingerprint density at radius 2 is 1.81 bits per heavy atom. The van der Waals surface area contributed by atoms with E-state index < -0.39 is 0 Å². The summed E-state index contributed by atoms with van der Waals surface area (Å²) in [4.78, 5) is 14.5. The lowest BCUT2D eigenvalue weighted by Gasteiger charge is -2.29. The Bertz CT molecular complexity index is 663. The number of nitrogens with zero attached hydrogens (tertiary/aromatic N) is 3. The van der Waals surface area contributed by atoms with Gasteiger partial charge in [-0.25, -0.2) is 4.68 Å². The van der Waals surface area contributed by atoms with E-state index in [4.69, 9.17) is 11.6 Å². The van der Waals surface area contributed by atoms with Gasteiger partial charge in [0.1, 0.15) is 5.02 Å². The molecular formula is C16H18ClN3O. The molecule has 0 atom stereocenters. The van der Waals surface area contributed by atoms with E-state index in [-0.39, 0.29) is 10.6 Å². The molecule has 1 aliphatic heterocycles. The number of piperidine rings is 1. The SMILES string of the molecule is O=c1c(Cl)c(N2CCCCC2)cnn1Cc1ccccc1. The molecule has 0 unspecified atom stereocenters. The average molecular weight is 304 g/mol. The van der Waals surface area contributed by atoms with Gasteiger partial charge < -0.3 is 4.90 Å². The second-order valence-corrected chi connectivity index (χ2v) is 5.72. The number of hydrogen-bond donors (Lipinski definition) is 0. The van der Waals surface area contributed by atoms with Crippen molar-refractivity contribution in [1.82, 2.24) is 9.78 Å². The molecule has 110 valence electrons. The number of hydrogen-bond acceptors (Lipinski definition) is 3. The molecular weight excluding hydrogens is 286 g/mol. The van der Waals surface area contributed by atoms with Gasteiger partial charge in [0.2, 0.25) is 0 Å². The predicted octanol–water partition coefficient (Wildman–Crippen LogP) is 2.94. The zero-order valence-corrected chi connectivity index (χ0v) is 12.6. The minimum Gasteiger partial charge on any atom is -0.369 e. The number of anilines is 1. The largest absolute Gasteiger partial charge is 0.369 e.